The summed E-state index contributed by atoms with van der Waals surface area (Å²) in [6, 6.07) is 13.4. The largest absolute Gasteiger partial charge is 0.494 e. The van der Waals surface area contributed by atoms with E-state index >= 15 is 0 Å². The van der Waals surface area contributed by atoms with Crippen molar-refractivity contribution in [2.24, 2.45) is 0 Å². The quantitative estimate of drug-likeness (QED) is 0.819. The van der Waals surface area contributed by atoms with Crippen LogP contribution in [0.5, 0.6) is 11.6 Å². The summed E-state index contributed by atoms with van der Waals surface area (Å²) < 4.78 is 11.2. The zero-order chi connectivity index (χ0) is 16.9. The topological polar surface area (TPSA) is 51.7 Å². The molecule has 1 aromatic heterocycles. The second-order valence-electron chi connectivity index (χ2n) is 5.91. The number of aromatic nitrogens is 1. The predicted molar refractivity (Wildman–Crippen MR) is 91.3 cm³/mol. The molecule has 1 aliphatic heterocycles. The number of pyridine rings is 1. The molecule has 0 atom stereocenters. The molecule has 0 bridgehead atoms. The van der Waals surface area contributed by atoms with Gasteiger partial charge in [0, 0.05) is 11.8 Å². The van der Waals surface area contributed by atoms with E-state index in [4.69, 9.17) is 9.47 Å². The Balaban J connectivity index is 1.46. The average molecular weight is 326 g/mol. The first-order valence-corrected chi connectivity index (χ1v) is 8.24. The van der Waals surface area contributed by atoms with Gasteiger partial charge in [-0.25, -0.2) is 4.98 Å². The number of likely N-dealkylation sites (tertiary alicyclic amines) is 1. The molecule has 1 aromatic carbocycles. The van der Waals surface area contributed by atoms with Crippen LogP contribution in [0.3, 0.4) is 0 Å². The number of ether oxygens (including phenoxy) is 2. The molecule has 0 radical (unpaired) electrons. The molecule has 1 saturated heterocycles. The molecule has 5 nitrogen and oxygen atoms in total. The van der Waals surface area contributed by atoms with Crippen LogP contribution in [-0.2, 0) is 11.2 Å². The van der Waals surface area contributed by atoms with Gasteiger partial charge in [0.1, 0.15) is 11.9 Å². The highest BCUT2D eigenvalue weighted by atomic mass is 16.5. The third-order valence-electron chi connectivity index (χ3n) is 3.94. The van der Waals surface area contributed by atoms with Crippen molar-refractivity contribution >= 4 is 5.91 Å². The first-order chi connectivity index (χ1) is 11.6. The SMILES string of the molecule is CCOc1ccc(CC(=O)N2CC(Oc3cccc(C)n3)C2)cc1. The third-order valence-corrected chi connectivity index (χ3v) is 3.94. The molecule has 1 fully saturated rings. The van der Waals surface area contributed by atoms with Crippen LogP contribution in [0.25, 0.3) is 0 Å². The summed E-state index contributed by atoms with van der Waals surface area (Å²) in [5, 5.41) is 0. The fourth-order valence-corrected chi connectivity index (χ4v) is 2.63. The average Bonchev–Trinajstić information content (AvgIpc) is 2.52. The number of amides is 1. The summed E-state index contributed by atoms with van der Waals surface area (Å²) in [6.07, 6.45) is 0.436. The Morgan fingerprint density at radius 1 is 1.21 bits per heavy atom. The Morgan fingerprint density at radius 2 is 1.96 bits per heavy atom. The molecule has 2 heterocycles. The molecule has 1 amide bonds. The van der Waals surface area contributed by atoms with Crippen LogP contribution >= 0.6 is 0 Å². The number of hydrogen-bond acceptors (Lipinski definition) is 4. The molecule has 0 saturated carbocycles. The molecule has 0 unspecified atom stereocenters. The van der Waals surface area contributed by atoms with E-state index in [9.17, 15) is 4.79 Å². The van der Waals surface area contributed by atoms with E-state index in [0.717, 1.165) is 17.0 Å². The third kappa shape index (κ3) is 4.04. The van der Waals surface area contributed by atoms with E-state index in [-0.39, 0.29) is 12.0 Å². The molecular formula is C19H22N2O3. The van der Waals surface area contributed by atoms with Crippen molar-refractivity contribution in [2.45, 2.75) is 26.4 Å². The lowest BCUT2D eigenvalue weighted by molar-refractivity contribution is -0.139. The minimum atomic E-state index is 0.0311. The van der Waals surface area contributed by atoms with E-state index in [1.165, 1.54) is 0 Å². The van der Waals surface area contributed by atoms with Gasteiger partial charge in [-0.05, 0) is 37.6 Å². The van der Waals surface area contributed by atoms with E-state index in [0.29, 0.717) is 32.0 Å². The lowest BCUT2D eigenvalue weighted by Gasteiger charge is -2.38. The standard InChI is InChI=1S/C19H22N2O3/c1-3-23-16-9-7-15(8-10-16)11-19(22)21-12-17(13-21)24-18-6-4-5-14(2)20-18/h4-10,17H,3,11-13H2,1-2H3. The highest BCUT2D eigenvalue weighted by molar-refractivity contribution is 5.79. The number of nitrogens with zero attached hydrogens (tertiary/aromatic N) is 2. The minimum Gasteiger partial charge on any atom is -0.494 e. The van der Waals surface area contributed by atoms with Gasteiger partial charge in [-0.15, -0.1) is 0 Å². The van der Waals surface area contributed by atoms with Crippen molar-refractivity contribution in [1.82, 2.24) is 9.88 Å². The Hall–Kier alpha value is -2.56. The van der Waals surface area contributed by atoms with E-state index in [2.05, 4.69) is 4.98 Å². The van der Waals surface area contributed by atoms with Crippen molar-refractivity contribution in [1.29, 1.82) is 0 Å². The molecule has 24 heavy (non-hydrogen) atoms. The van der Waals surface area contributed by atoms with Gasteiger partial charge < -0.3 is 14.4 Å². The first kappa shape index (κ1) is 16.3. The van der Waals surface area contributed by atoms with Gasteiger partial charge in [0.15, 0.2) is 0 Å². The molecule has 0 N–H and O–H groups in total. The van der Waals surface area contributed by atoms with Gasteiger partial charge in [0.2, 0.25) is 11.8 Å². The van der Waals surface area contributed by atoms with Crippen LogP contribution in [0.2, 0.25) is 0 Å². The van der Waals surface area contributed by atoms with Crippen molar-refractivity contribution < 1.29 is 14.3 Å². The lowest BCUT2D eigenvalue weighted by Crippen LogP contribution is -2.56. The Kier molecular flexibility index (Phi) is 4.99. The molecule has 126 valence electrons. The van der Waals surface area contributed by atoms with Gasteiger partial charge in [-0.2, -0.15) is 0 Å². The van der Waals surface area contributed by atoms with Crippen LogP contribution in [-0.4, -0.2) is 41.6 Å². The maximum atomic E-state index is 12.3. The van der Waals surface area contributed by atoms with Crippen LogP contribution in [0, 0.1) is 6.92 Å². The smallest absolute Gasteiger partial charge is 0.227 e. The lowest BCUT2D eigenvalue weighted by atomic mass is 10.1. The Bertz CT molecular complexity index is 694. The first-order valence-electron chi connectivity index (χ1n) is 8.24. The van der Waals surface area contributed by atoms with Gasteiger partial charge in [0.05, 0.1) is 26.1 Å². The summed E-state index contributed by atoms with van der Waals surface area (Å²) >= 11 is 0. The summed E-state index contributed by atoms with van der Waals surface area (Å²) in [6.45, 7) is 5.76. The maximum absolute atomic E-state index is 12.3. The van der Waals surface area contributed by atoms with Crippen LogP contribution in [0.15, 0.2) is 42.5 Å². The Labute approximate surface area is 142 Å². The van der Waals surface area contributed by atoms with Crippen molar-refractivity contribution in [3.05, 3.63) is 53.7 Å². The molecule has 0 spiro atoms. The summed E-state index contributed by atoms with van der Waals surface area (Å²) in [5.41, 5.74) is 1.92. The second kappa shape index (κ2) is 7.34. The monoisotopic (exact) mass is 326 g/mol. The maximum Gasteiger partial charge on any atom is 0.227 e. The number of benzene rings is 1. The normalized spacial score (nSPS) is 14.2. The van der Waals surface area contributed by atoms with E-state index < -0.39 is 0 Å². The predicted octanol–water partition coefficient (Wildman–Crippen LogP) is 2.62. The number of rotatable bonds is 6. The number of carbonyl (C=O) groups excluding carboxylic acids is 1. The highest BCUT2D eigenvalue weighted by Crippen LogP contribution is 2.18. The number of hydrogen-bond donors (Lipinski definition) is 0. The molecule has 0 aliphatic carbocycles. The zero-order valence-corrected chi connectivity index (χ0v) is 14.1. The molecular weight excluding hydrogens is 304 g/mol. The molecule has 2 aromatic rings. The number of aryl methyl sites for hydroxylation is 1. The fourth-order valence-electron chi connectivity index (χ4n) is 2.63. The van der Waals surface area contributed by atoms with E-state index in [1.807, 2.05) is 61.2 Å². The molecule has 1 aliphatic rings. The van der Waals surface area contributed by atoms with Crippen molar-refractivity contribution in [3.8, 4) is 11.6 Å². The molecule has 3 rings (SSSR count). The summed E-state index contributed by atoms with van der Waals surface area (Å²) in [7, 11) is 0. The van der Waals surface area contributed by atoms with Gasteiger partial charge in [-0.3, -0.25) is 4.79 Å². The number of carbonyl (C=O) groups is 1. The van der Waals surface area contributed by atoms with Gasteiger partial charge in [-0.1, -0.05) is 18.2 Å². The van der Waals surface area contributed by atoms with Crippen LogP contribution < -0.4 is 9.47 Å². The minimum absolute atomic E-state index is 0.0311. The Morgan fingerprint density at radius 3 is 2.62 bits per heavy atom. The summed E-state index contributed by atoms with van der Waals surface area (Å²) in [5.74, 6) is 1.58. The highest BCUT2D eigenvalue weighted by Gasteiger charge is 2.32. The fraction of sp³-hybridized carbons (Fsp3) is 0.368. The second-order valence-corrected chi connectivity index (χ2v) is 5.91. The van der Waals surface area contributed by atoms with Crippen molar-refractivity contribution in [2.75, 3.05) is 19.7 Å². The van der Waals surface area contributed by atoms with Crippen LogP contribution in [0.4, 0.5) is 0 Å². The van der Waals surface area contributed by atoms with Gasteiger partial charge >= 0.3 is 0 Å². The van der Waals surface area contributed by atoms with E-state index in [1.54, 1.807) is 0 Å². The summed E-state index contributed by atoms with van der Waals surface area (Å²) in [4.78, 5) is 18.4. The zero-order valence-electron chi connectivity index (χ0n) is 14.1. The van der Waals surface area contributed by atoms with Crippen LogP contribution in [0.1, 0.15) is 18.2 Å². The van der Waals surface area contributed by atoms with Gasteiger partial charge in [0.25, 0.3) is 0 Å². The molecule has 5 heteroatoms. The van der Waals surface area contributed by atoms with Crippen molar-refractivity contribution in [3.63, 3.8) is 0 Å².